The Morgan fingerprint density at radius 2 is 2.14 bits per heavy atom. The summed E-state index contributed by atoms with van der Waals surface area (Å²) in [4.78, 5) is 11.8. The Balaban J connectivity index is 1.87. The monoisotopic (exact) mass is 323 g/mol. The van der Waals surface area contributed by atoms with E-state index in [0.717, 1.165) is 17.8 Å². The number of benzene rings is 1. The summed E-state index contributed by atoms with van der Waals surface area (Å²) < 4.78 is 18.2. The lowest BCUT2D eigenvalue weighted by Gasteiger charge is -2.06. The highest BCUT2D eigenvalue weighted by molar-refractivity contribution is 7.15. The molecule has 2 rings (SSSR count). The van der Waals surface area contributed by atoms with Gasteiger partial charge in [-0.05, 0) is 25.0 Å². The molecular weight excluding hydrogens is 305 g/mol. The van der Waals surface area contributed by atoms with Crippen LogP contribution in [0.15, 0.2) is 24.3 Å². The Labute approximate surface area is 132 Å². The summed E-state index contributed by atoms with van der Waals surface area (Å²) in [7, 11) is 0. The van der Waals surface area contributed by atoms with Crippen LogP contribution in [0.5, 0.6) is 5.75 Å². The van der Waals surface area contributed by atoms with Crippen molar-refractivity contribution in [1.82, 2.24) is 10.2 Å². The molecule has 0 saturated carbocycles. The summed E-state index contributed by atoms with van der Waals surface area (Å²) in [6.07, 6.45) is 1.98. The minimum absolute atomic E-state index is 0.205. The molecule has 1 heterocycles. The van der Waals surface area contributed by atoms with E-state index in [0.29, 0.717) is 16.8 Å². The van der Waals surface area contributed by atoms with Crippen LogP contribution < -0.4 is 10.1 Å². The maximum absolute atomic E-state index is 13.0. The van der Waals surface area contributed by atoms with Crippen LogP contribution in [0.25, 0.3) is 0 Å². The molecule has 22 heavy (non-hydrogen) atoms. The first-order chi connectivity index (χ1) is 10.6. The molecule has 0 bridgehead atoms. The highest BCUT2D eigenvalue weighted by atomic mass is 32.1. The van der Waals surface area contributed by atoms with Crippen molar-refractivity contribution in [2.75, 3.05) is 11.9 Å². The van der Waals surface area contributed by atoms with Crippen molar-refractivity contribution in [3.63, 3.8) is 0 Å². The zero-order valence-corrected chi connectivity index (χ0v) is 13.3. The quantitative estimate of drug-likeness (QED) is 0.845. The van der Waals surface area contributed by atoms with Gasteiger partial charge in [-0.25, -0.2) is 4.39 Å². The molecule has 1 N–H and O–H groups in total. The second-order valence-electron chi connectivity index (χ2n) is 4.75. The molecule has 0 spiro atoms. The molecule has 2 aromatic rings. The molecule has 0 fully saturated rings. The topological polar surface area (TPSA) is 64.1 Å². The van der Waals surface area contributed by atoms with Gasteiger partial charge in [0.05, 0.1) is 0 Å². The summed E-state index contributed by atoms with van der Waals surface area (Å²) in [5.41, 5.74) is 0. The first-order valence-corrected chi connectivity index (χ1v) is 7.95. The second-order valence-corrected chi connectivity index (χ2v) is 5.76. The second kappa shape index (κ2) is 7.84. The average molecular weight is 323 g/mol. The van der Waals surface area contributed by atoms with Gasteiger partial charge in [0.25, 0.3) is 5.91 Å². The van der Waals surface area contributed by atoms with E-state index in [-0.39, 0.29) is 12.5 Å². The Hall–Kier alpha value is -2.02. The highest BCUT2D eigenvalue weighted by Gasteiger charge is 2.14. The number of halogens is 1. The zero-order chi connectivity index (χ0) is 15.9. The van der Waals surface area contributed by atoms with Gasteiger partial charge >= 0.3 is 0 Å². The van der Waals surface area contributed by atoms with E-state index >= 15 is 0 Å². The summed E-state index contributed by atoms with van der Waals surface area (Å²) >= 11 is 1.37. The van der Waals surface area contributed by atoms with E-state index in [1.807, 2.05) is 0 Å². The lowest BCUT2D eigenvalue weighted by Crippen LogP contribution is -2.20. The van der Waals surface area contributed by atoms with E-state index in [1.165, 1.54) is 29.5 Å². The number of aromatic nitrogens is 2. The molecular formula is C15H18FN3O2S. The Morgan fingerprint density at radius 3 is 2.82 bits per heavy atom. The predicted molar refractivity (Wildman–Crippen MR) is 83.8 cm³/mol. The first kappa shape index (κ1) is 16.4. The van der Waals surface area contributed by atoms with Crippen molar-refractivity contribution in [1.29, 1.82) is 0 Å². The summed E-state index contributed by atoms with van der Waals surface area (Å²) in [6.45, 7) is 3.99. The van der Waals surface area contributed by atoms with E-state index in [1.54, 1.807) is 6.07 Å². The molecule has 0 saturated heterocycles. The van der Waals surface area contributed by atoms with E-state index in [2.05, 4.69) is 29.4 Å². The van der Waals surface area contributed by atoms with Crippen LogP contribution >= 0.6 is 11.3 Å². The third-order valence-electron chi connectivity index (χ3n) is 3.19. The van der Waals surface area contributed by atoms with Crippen LogP contribution in [0.1, 0.15) is 37.6 Å². The van der Waals surface area contributed by atoms with Crippen molar-refractivity contribution >= 4 is 22.4 Å². The largest absolute Gasteiger partial charge is 0.484 e. The van der Waals surface area contributed by atoms with Crippen LogP contribution in [0.2, 0.25) is 0 Å². The normalized spacial score (nSPS) is 10.7. The van der Waals surface area contributed by atoms with Gasteiger partial charge in [-0.1, -0.05) is 31.3 Å². The number of amides is 1. The van der Waals surface area contributed by atoms with Gasteiger partial charge in [-0.15, -0.1) is 10.2 Å². The highest BCUT2D eigenvalue weighted by Crippen LogP contribution is 2.27. The molecule has 1 amide bonds. The summed E-state index contributed by atoms with van der Waals surface area (Å²) in [5, 5.41) is 12.1. The zero-order valence-electron chi connectivity index (χ0n) is 12.5. The number of ether oxygens (including phenoxy) is 1. The molecule has 7 heteroatoms. The minimum atomic E-state index is -0.406. The molecule has 0 atom stereocenters. The van der Waals surface area contributed by atoms with Crippen LogP contribution in [0.3, 0.4) is 0 Å². The third kappa shape index (κ3) is 4.49. The lowest BCUT2D eigenvalue weighted by atomic mass is 10.1. The summed E-state index contributed by atoms with van der Waals surface area (Å²) in [6, 6.07) is 5.65. The average Bonchev–Trinajstić information content (AvgIpc) is 2.95. The van der Waals surface area contributed by atoms with Gasteiger partial charge in [0.15, 0.2) is 6.61 Å². The Bertz CT molecular complexity index is 629. The number of rotatable bonds is 7. The maximum atomic E-state index is 13.0. The molecule has 0 radical (unpaired) electrons. The van der Waals surface area contributed by atoms with E-state index in [9.17, 15) is 9.18 Å². The number of nitrogens with one attached hydrogen (secondary N) is 1. The molecule has 0 unspecified atom stereocenters. The van der Waals surface area contributed by atoms with Gasteiger partial charge < -0.3 is 4.74 Å². The van der Waals surface area contributed by atoms with Crippen molar-refractivity contribution in [3.05, 3.63) is 35.1 Å². The van der Waals surface area contributed by atoms with Gasteiger partial charge in [0.2, 0.25) is 5.13 Å². The molecule has 5 nitrogen and oxygen atoms in total. The number of carbonyl (C=O) groups is 1. The van der Waals surface area contributed by atoms with Crippen molar-refractivity contribution < 1.29 is 13.9 Å². The number of carbonyl (C=O) groups excluding carboxylic acids is 1. The van der Waals surface area contributed by atoms with Gasteiger partial charge in [-0.2, -0.15) is 0 Å². The standard InChI is InChI=1S/C15H18FN3O2S/c1-3-10(4-2)14-18-19-15(22-14)17-13(20)9-21-12-7-5-6-11(16)8-12/h5-8,10H,3-4,9H2,1-2H3,(H,17,19,20). The van der Waals surface area contributed by atoms with Crippen molar-refractivity contribution in [2.45, 2.75) is 32.6 Å². The Morgan fingerprint density at radius 1 is 1.36 bits per heavy atom. The van der Waals surface area contributed by atoms with Crippen molar-refractivity contribution in [3.8, 4) is 5.75 Å². The lowest BCUT2D eigenvalue weighted by molar-refractivity contribution is -0.118. The SMILES string of the molecule is CCC(CC)c1nnc(NC(=O)COc2cccc(F)c2)s1. The molecule has 1 aromatic carbocycles. The maximum Gasteiger partial charge on any atom is 0.264 e. The van der Waals surface area contributed by atoms with Gasteiger partial charge in [0.1, 0.15) is 16.6 Å². The predicted octanol–water partition coefficient (Wildman–Crippen LogP) is 3.60. The molecule has 0 aliphatic heterocycles. The van der Waals surface area contributed by atoms with Crippen LogP contribution in [-0.4, -0.2) is 22.7 Å². The number of hydrogen-bond acceptors (Lipinski definition) is 5. The van der Waals surface area contributed by atoms with Gasteiger partial charge in [-0.3, -0.25) is 10.1 Å². The fourth-order valence-electron chi connectivity index (χ4n) is 1.95. The van der Waals surface area contributed by atoms with Gasteiger partial charge in [0, 0.05) is 12.0 Å². The number of nitrogens with zero attached hydrogens (tertiary/aromatic N) is 2. The first-order valence-electron chi connectivity index (χ1n) is 7.14. The van der Waals surface area contributed by atoms with Crippen LogP contribution in [0, 0.1) is 5.82 Å². The third-order valence-corrected chi connectivity index (χ3v) is 4.19. The summed E-state index contributed by atoms with van der Waals surface area (Å²) in [5.74, 6) is -0.0785. The van der Waals surface area contributed by atoms with Crippen molar-refractivity contribution in [2.24, 2.45) is 0 Å². The Kier molecular flexibility index (Phi) is 5.83. The smallest absolute Gasteiger partial charge is 0.264 e. The molecule has 1 aromatic heterocycles. The molecule has 0 aliphatic rings. The van der Waals surface area contributed by atoms with Crippen LogP contribution in [0.4, 0.5) is 9.52 Å². The van der Waals surface area contributed by atoms with Crippen LogP contribution in [-0.2, 0) is 4.79 Å². The van der Waals surface area contributed by atoms with E-state index < -0.39 is 5.82 Å². The molecule has 0 aliphatic carbocycles. The number of hydrogen-bond donors (Lipinski definition) is 1. The fraction of sp³-hybridized carbons (Fsp3) is 0.400. The minimum Gasteiger partial charge on any atom is -0.484 e. The molecule has 118 valence electrons. The number of anilines is 1. The fourth-order valence-corrected chi connectivity index (χ4v) is 2.98. The van der Waals surface area contributed by atoms with E-state index in [4.69, 9.17) is 4.74 Å².